The molecule has 0 radical (unpaired) electrons. The lowest BCUT2D eigenvalue weighted by Crippen LogP contribution is -2.39. The van der Waals surface area contributed by atoms with Crippen molar-refractivity contribution in [1.82, 2.24) is 4.90 Å². The lowest BCUT2D eigenvalue weighted by atomic mass is 10.2. The van der Waals surface area contributed by atoms with Gasteiger partial charge in [0.2, 0.25) is 0 Å². The molecule has 2 aromatic rings. The van der Waals surface area contributed by atoms with Crippen LogP contribution < -0.4 is 0 Å². The Balaban J connectivity index is 1.42. The van der Waals surface area contributed by atoms with Gasteiger partial charge in [-0.25, -0.2) is 4.79 Å². The highest BCUT2D eigenvalue weighted by Crippen LogP contribution is 2.35. The Bertz CT molecular complexity index is 759. The molecule has 132 valence electrons. The molecule has 3 heterocycles. The maximum absolute atomic E-state index is 12.8. The van der Waals surface area contributed by atoms with Crippen molar-refractivity contribution in [3.63, 3.8) is 0 Å². The van der Waals surface area contributed by atoms with E-state index in [9.17, 15) is 9.59 Å². The number of hydrogen-bond donors (Lipinski definition) is 0. The molecule has 1 aliphatic carbocycles. The van der Waals surface area contributed by atoms with Crippen molar-refractivity contribution in [1.29, 1.82) is 0 Å². The monoisotopic (exact) mass is 375 g/mol. The molecule has 0 aromatic carbocycles. The normalized spacial score (nSPS) is 20.5. The second-order valence-corrected chi connectivity index (χ2v) is 8.78. The van der Waals surface area contributed by atoms with E-state index in [0.29, 0.717) is 4.88 Å². The Hall–Kier alpha value is -1.66. The van der Waals surface area contributed by atoms with Gasteiger partial charge in [-0.1, -0.05) is 6.07 Å². The summed E-state index contributed by atoms with van der Waals surface area (Å²) in [6.07, 6.45) is 4.49. The molecule has 4 nitrogen and oxygen atoms in total. The molecule has 6 heteroatoms. The molecule has 0 spiro atoms. The smallest absolute Gasteiger partial charge is 0.349 e. The fourth-order valence-corrected chi connectivity index (χ4v) is 5.75. The van der Waals surface area contributed by atoms with Crippen molar-refractivity contribution in [3.05, 3.63) is 43.8 Å². The average Bonchev–Trinajstić information content (AvgIpc) is 3.36. The van der Waals surface area contributed by atoms with Crippen molar-refractivity contribution < 1.29 is 14.3 Å². The van der Waals surface area contributed by atoms with Crippen LogP contribution in [-0.4, -0.2) is 29.4 Å². The summed E-state index contributed by atoms with van der Waals surface area (Å²) in [5.41, 5.74) is 1.27. The predicted molar refractivity (Wildman–Crippen MR) is 99.2 cm³/mol. The Morgan fingerprint density at radius 1 is 1.32 bits per heavy atom. The van der Waals surface area contributed by atoms with Crippen LogP contribution in [0.5, 0.6) is 0 Å². The topological polar surface area (TPSA) is 46.6 Å². The molecule has 1 saturated heterocycles. The lowest BCUT2D eigenvalue weighted by molar-refractivity contribution is -0.140. The summed E-state index contributed by atoms with van der Waals surface area (Å²) in [7, 11) is 0. The van der Waals surface area contributed by atoms with Gasteiger partial charge in [0.1, 0.15) is 4.88 Å². The predicted octanol–water partition coefficient (Wildman–Crippen LogP) is 4.21. The minimum absolute atomic E-state index is 0.0895. The highest BCUT2D eigenvalue weighted by atomic mass is 32.1. The number of ether oxygens (including phenoxy) is 1. The molecule has 25 heavy (non-hydrogen) atoms. The van der Waals surface area contributed by atoms with E-state index in [1.807, 2.05) is 22.4 Å². The van der Waals surface area contributed by atoms with Crippen LogP contribution in [-0.2, 0) is 22.4 Å². The fraction of sp³-hybridized carbons (Fsp3) is 0.474. The second kappa shape index (κ2) is 6.92. The summed E-state index contributed by atoms with van der Waals surface area (Å²) in [4.78, 5) is 30.2. The van der Waals surface area contributed by atoms with Crippen molar-refractivity contribution in [2.45, 2.75) is 51.2 Å². The van der Waals surface area contributed by atoms with Crippen LogP contribution in [0.4, 0.5) is 0 Å². The van der Waals surface area contributed by atoms with Crippen molar-refractivity contribution >= 4 is 34.6 Å². The number of aryl methyl sites for hydroxylation is 2. The van der Waals surface area contributed by atoms with E-state index in [0.717, 1.165) is 32.2 Å². The zero-order valence-corrected chi connectivity index (χ0v) is 15.8. The van der Waals surface area contributed by atoms with Crippen molar-refractivity contribution in [2.75, 3.05) is 6.54 Å². The summed E-state index contributed by atoms with van der Waals surface area (Å²) in [6, 6.07) is 6.15. The summed E-state index contributed by atoms with van der Waals surface area (Å²) >= 11 is 3.19. The molecule has 0 bridgehead atoms. The van der Waals surface area contributed by atoms with Crippen LogP contribution in [0.25, 0.3) is 0 Å². The minimum Gasteiger partial charge on any atom is -0.448 e. The van der Waals surface area contributed by atoms with Crippen LogP contribution in [0.15, 0.2) is 23.6 Å². The first kappa shape index (κ1) is 16.8. The maximum Gasteiger partial charge on any atom is 0.349 e. The first-order valence-corrected chi connectivity index (χ1v) is 10.5. The standard InChI is InChI=1S/C19H21NO3S2/c1-12(23-19(22)17-11-13-5-2-7-15(13)25-17)18(21)20-9-3-6-14(20)16-8-4-10-24-16/h4,8,10-12,14H,2-3,5-7,9H2,1H3. The van der Waals surface area contributed by atoms with Gasteiger partial charge < -0.3 is 9.64 Å². The number of amides is 1. The number of likely N-dealkylation sites (tertiary alicyclic amines) is 1. The quantitative estimate of drug-likeness (QED) is 0.752. The van der Waals surface area contributed by atoms with Gasteiger partial charge in [-0.15, -0.1) is 22.7 Å². The van der Waals surface area contributed by atoms with E-state index in [2.05, 4.69) is 6.07 Å². The van der Waals surface area contributed by atoms with Crippen LogP contribution >= 0.6 is 22.7 Å². The van der Waals surface area contributed by atoms with E-state index in [4.69, 9.17) is 4.74 Å². The number of carbonyl (C=O) groups excluding carboxylic acids is 2. The molecule has 0 N–H and O–H groups in total. The first-order valence-electron chi connectivity index (χ1n) is 8.80. The average molecular weight is 376 g/mol. The molecule has 4 rings (SSSR count). The molecule has 2 aliphatic rings. The van der Waals surface area contributed by atoms with Crippen LogP contribution in [0.2, 0.25) is 0 Å². The van der Waals surface area contributed by atoms with Gasteiger partial charge in [0.25, 0.3) is 5.91 Å². The first-order chi connectivity index (χ1) is 12.1. The van der Waals surface area contributed by atoms with Gasteiger partial charge >= 0.3 is 5.97 Å². The Morgan fingerprint density at radius 3 is 2.96 bits per heavy atom. The van der Waals surface area contributed by atoms with Gasteiger partial charge in [-0.05, 0) is 62.1 Å². The SMILES string of the molecule is CC(OC(=O)c1cc2c(s1)CCC2)C(=O)N1CCCC1c1cccs1. The zero-order chi connectivity index (χ0) is 17.4. The third-order valence-electron chi connectivity index (χ3n) is 4.99. The Morgan fingerprint density at radius 2 is 2.20 bits per heavy atom. The number of nitrogens with zero attached hydrogens (tertiary/aromatic N) is 1. The van der Waals surface area contributed by atoms with Gasteiger partial charge in [0, 0.05) is 16.3 Å². The van der Waals surface area contributed by atoms with Gasteiger partial charge in [-0.2, -0.15) is 0 Å². The number of rotatable bonds is 4. The number of hydrogen-bond acceptors (Lipinski definition) is 5. The molecule has 0 saturated carbocycles. The van der Waals surface area contributed by atoms with Crippen LogP contribution in [0, 0.1) is 0 Å². The molecule has 1 aliphatic heterocycles. The van der Waals surface area contributed by atoms with E-state index in [1.54, 1.807) is 18.3 Å². The molecule has 1 amide bonds. The van der Waals surface area contributed by atoms with Gasteiger partial charge in [-0.3, -0.25) is 4.79 Å². The summed E-state index contributed by atoms with van der Waals surface area (Å²) in [5.74, 6) is -0.458. The third kappa shape index (κ3) is 3.25. The number of esters is 1. The third-order valence-corrected chi connectivity index (χ3v) is 7.18. The Kier molecular flexibility index (Phi) is 4.65. The minimum atomic E-state index is -0.745. The summed E-state index contributed by atoms with van der Waals surface area (Å²) < 4.78 is 5.50. The summed E-state index contributed by atoms with van der Waals surface area (Å²) in [5, 5.41) is 2.04. The highest BCUT2D eigenvalue weighted by Gasteiger charge is 2.34. The van der Waals surface area contributed by atoms with E-state index >= 15 is 0 Å². The number of carbonyl (C=O) groups is 2. The maximum atomic E-state index is 12.8. The van der Waals surface area contributed by atoms with Crippen molar-refractivity contribution in [3.8, 4) is 0 Å². The van der Waals surface area contributed by atoms with E-state index in [-0.39, 0.29) is 17.9 Å². The number of thiophene rings is 2. The molecule has 2 atom stereocenters. The second-order valence-electron chi connectivity index (χ2n) is 6.67. The molecule has 2 aromatic heterocycles. The molecular weight excluding hydrogens is 354 g/mol. The lowest BCUT2D eigenvalue weighted by Gasteiger charge is -2.26. The Labute approximate surface area is 155 Å². The zero-order valence-electron chi connectivity index (χ0n) is 14.2. The van der Waals surface area contributed by atoms with Gasteiger partial charge in [0.15, 0.2) is 6.10 Å². The fourth-order valence-electron chi connectivity index (χ4n) is 3.74. The van der Waals surface area contributed by atoms with Crippen molar-refractivity contribution in [2.24, 2.45) is 0 Å². The highest BCUT2D eigenvalue weighted by molar-refractivity contribution is 7.14. The molecular formula is C19H21NO3S2. The summed E-state index contributed by atoms with van der Waals surface area (Å²) in [6.45, 7) is 2.42. The van der Waals surface area contributed by atoms with E-state index < -0.39 is 6.10 Å². The largest absolute Gasteiger partial charge is 0.448 e. The van der Waals surface area contributed by atoms with Crippen LogP contribution in [0.3, 0.4) is 0 Å². The van der Waals surface area contributed by atoms with Gasteiger partial charge in [0.05, 0.1) is 6.04 Å². The number of fused-ring (bicyclic) bond motifs is 1. The van der Waals surface area contributed by atoms with Crippen LogP contribution in [0.1, 0.15) is 57.2 Å². The molecule has 2 unspecified atom stereocenters. The van der Waals surface area contributed by atoms with E-state index in [1.165, 1.54) is 33.1 Å². The molecule has 1 fully saturated rings.